The molecule has 2 rings (SSSR count). The van der Waals surface area contributed by atoms with Crippen molar-refractivity contribution in [3.63, 3.8) is 0 Å². The molecule has 0 saturated heterocycles. The van der Waals surface area contributed by atoms with Gasteiger partial charge >= 0.3 is 5.97 Å². The Morgan fingerprint density at radius 2 is 2.44 bits per heavy atom. The third-order valence-electron chi connectivity index (χ3n) is 2.92. The van der Waals surface area contributed by atoms with Crippen LogP contribution in [0.2, 0.25) is 0 Å². The van der Waals surface area contributed by atoms with E-state index in [0.717, 1.165) is 18.5 Å². The average Bonchev–Trinajstić information content (AvgIpc) is 2.79. The molecule has 1 aromatic heterocycles. The van der Waals surface area contributed by atoms with Crippen molar-refractivity contribution in [3.8, 4) is 0 Å². The number of allylic oxidation sites excluding steroid dienone is 1. The van der Waals surface area contributed by atoms with E-state index in [1.165, 1.54) is 16.7 Å². The van der Waals surface area contributed by atoms with Crippen LogP contribution in [0.1, 0.15) is 35.3 Å². The van der Waals surface area contributed by atoms with Crippen molar-refractivity contribution in [2.24, 2.45) is 10.4 Å². The monoisotopic (exact) mass is 267 g/mol. The van der Waals surface area contributed by atoms with Crippen molar-refractivity contribution in [1.82, 2.24) is 4.98 Å². The minimum Gasteiger partial charge on any atom is -0.476 e. The summed E-state index contributed by atoms with van der Waals surface area (Å²) < 4.78 is 0. The minimum atomic E-state index is -1.02. The molecule has 0 amide bonds. The number of hydrogen-bond acceptors (Lipinski definition) is 4. The number of nitrogens with zero attached hydrogens (tertiary/aromatic N) is 2. The fourth-order valence-electron chi connectivity index (χ4n) is 1.74. The molecule has 1 unspecified atom stereocenters. The molecule has 2 heterocycles. The lowest BCUT2D eigenvalue weighted by atomic mass is 9.83. The highest BCUT2D eigenvalue weighted by atomic mass is 32.1. The van der Waals surface area contributed by atoms with Gasteiger partial charge in [0, 0.05) is 23.4 Å². The number of carboxylic acids is 1. The Hall–Kier alpha value is -1.53. The number of aliphatic imine (C=N–C) groups is 1. The molecular formula is C12H15N2O3S+. The second-order valence-electron chi connectivity index (χ2n) is 4.55. The molecular weight excluding hydrogens is 252 g/mol. The van der Waals surface area contributed by atoms with Gasteiger partial charge in [-0.1, -0.05) is 13.0 Å². The van der Waals surface area contributed by atoms with E-state index >= 15 is 0 Å². The molecule has 3 N–H and O–H groups in total. The summed E-state index contributed by atoms with van der Waals surface area (Å²) in [5.41, 5.74) is 0.735. The zero-order chi connectivity index (χ0) is 13.2. The summed E-state index contributed by atoms with van der Waals surface area (Å²) in [6.45, 7) is 2.45. The van der Waals surface area contributed by atoms with Crippen molar-refractivity contribution >= 4 is 29.2 Å². The molecule has 0 saturated carbocycles. The Morgan fingerprint density at radius 1 is 1.67 bits per heavy atom. The summed E-state index contributed by atoms with van der Waals surface area (Å²) in [6, 6.07) is 0. The number of aromatic nitrogens is 1. The van der Waals surface area contributed by atoms with E-state index in [0.29, 0.717) is 11.6 Å². The summed E-state index contributed by atoms with van der Waals surface area (Å²) in [5, 5.41) is 18.2. The Balaban J connectivity index is 2.15. The lowest BCUT2D eigenvalue weighted by Crippen LogP contribution is -2.21. The quantitative estimate of drug-likeness (QED) is 0.844. The van der Waals surface area contributed by atoms with Crippen LogP contribution in [0.15, 0.2) is 16.4 Å². The van der Waals surface area contributed by atoms with Gasteiger partial charge in [0.05, 0.1) is 5.70 Å². The first-order chi connectivity index (χ1) is 8.54. The first-order valence-electron chi connectivity index (χ1n) is 5.63. The van der Waals surface area contributed by atoms with Crippen molar-refractivity contribution < 1.29 is 15.0 Å². The zero-order valence-corrected chi connectivity index (χ0v) is 10.8. The highest BCUT2D eigenvalue weighted by Crippen LogP contribution is 2.32. The molecule has 0 spiro atoms. The van der Waals surface area contributed by atoms with Crippen molar-refractivity contribution in [1.29, 1.82) is 0 Å². The van der Waals surface area contributed by atoms with Crippen molar-refractivity contribution in [2.45, 2.75) is 19.8 Å². The predicted molar refractivity (Wildman–Crippen MR) is 71.4 cm³/mol. The first-order valence-corrected chi connectivity index (χ1v) is 6.51. The van der Waals surface area contributed by atoms with Crippen LogP contribution in [0.4, 0.5) is 0 Å². The van der Waals surface area contributed by atoms with Gasteiger partial charge in [0.2, 0.25) is 0 Å². The van der Waals surface area contributed by atoms with Crippen LogP contribution < -0.4 is 0 Å². The second-order valence-corrected chi connectivity index (χ2v) is 5.41. The van der Waals surface area contributed by atoms with Crippen LogP contribution >= 0.6 is 11.3 Å². The van der Waals surface area contributed by atoms with E-state index in [1.54, 1.807) is 0 Å². The SMILES string of the molecule is CC1(CC[OH2+])C=NC(c2nc(C(=O)O)cs2)=CC1. The molecule has 0 bridgehead atoms. The van der Waals surface area contributed by atoms with E-state index in [9.17, 15) is 4.79 Å². The smallest absolute Gasteiger partial charge is 0.355 e. The highest BCUT2D eigenvalue weighted by Gasteiger charge is 2.25. The standard InChI is InChI=1S/C12H14N2O3S/c1-12(4-5-15)3-2-8(13-7-12)10-14-9(6-18-10)11(16)17/h2,6-7,15H,3-5H2,1H3,(H,16,17)/p+1. The third kappa shape index (κ3) is 2.65. The van der Waals surface area contributed by atoms with Crippen LogP contribution in [0.3, 0.4) is 0 Å². The zero-order valence-electron chi connectivity index (χ0n) is 10.0. The van der Waals surface area contributed by atoms with Crippen LogP contribution in [0.5, 0.6) is 0 Å². The molecule has 18 heavy (non-hydrogen) atoms. The van der Waals surface area contributed by atoms with Crippen LogP contribution in [0, 0.1) is 5.41 Å². The third-order valence-corrected chi connectivity index (χ3v) is 3.78. The number of carbonyl (C=O) groups is 1. The minimum absolute atomic E-state index is 0.0574. The van der Waals surface area contributed by atoms with Crippen LogP contribution in [0.25, 0.3) is 5.70 Å². The van der Waals surface area contributed by atoms with Gasteiger partial charge in [-0.2, -0.15) is 0 Å². The van der Waals surface area contributed by atoms with E-state index in [1.807, 2.05) is 12.3 Å². The normalized spacial score (nSPS) is 22.9. The largest absolute Gasteiger partial charge is 0.476 e. The van der Waals surface area contributed by atoms with E-state index < -0.39 is 5.97 Å². The van der Waals surface area contributed by atoms with Crippen LogP contribution in [-0.4, -0.2) is 34.0 Å². The van der Waals surface area contributed by atoms with E-state index in [4.69, 9.17) is 10.2 Å². The number of aromatic carboxylic acids is 1. The van der Waals surface area contributed by atoms with Gasteiger partial charge in [0.15, 0.2) is 5.69 Å². The molecule has 1 aromatic rings. The van der Waals surface area contributed by atoms with Crippen molar-refractivity contribution in [3.05, 3.63) is 22.2 Å². The summed E-state index contributed by atoms with van der Waals surface area (Å²) in [5.74, 6) is -1.02. The summed E-state index contributed by atoms with van der Waals surface area (Å²) in [7, 11) is 0. The molecule has 1 aliphatic rings. The Bertz CT molecular complexity index is 521. The topological polar surface area (TPSA) is 85.5 Å². The lowest BCUT2D eigenvalue weighted by molar-refractivity contribution is 0.0691. The van der Waals surface area contributed by atoms with Gasteiger partial charge in [0.25, 0.3) is 0 Å². The molecule has 0 fully saturated rings. The average molecular weight is 267 g/mol. The number of thiazole rings is 1. The van der Waals surface area contributed by atoms with Gasteiger partial charge in [0.1, 0.15) is 11.6 Å². The predicted octanol–water partition coefficient (Wildman–Crippen LogP) is 1.78. The van der Waals surface area contributed by atoms with Crippen LogP contribution in [-0.2, 0) is 0 Å². The number of carboxylic acid groups (broad SMARTS) is 1. The summed E-state index contributed by atoms with van der Waals surface area (Å²) >= 11 is 1.29. The Morgan fingerprint density at radius 3 is 2.94 bits per heavy atom. The fourth-order valence-corrected chi connectivity index (χ4v) is 2.53. The molecule has 6 heteroatoms. The molecule has 0 aromatic carbocycles. The molecule has 1 atom stereocenters. The summed E-state index contributed by atoms with van der Waals surface area (Å²) in [4.78, 5) is 19.1. The maximum Gasteiger partial charge on any atom is 0.355 e. The van der Waals surface area contributed by atoms with Gasteiger partial charge in [-0.25, -0.2) is 9.78 Å². The van der Waals surface area contributed by atoms with Gasteiger partial charge < -0.3 is 10.2 Å². The molecule has 0 radical (unpaired) electrons. The number of rotatable bonds is 4. The Kier molecular flexibility index (Phi) is 3.58. The van der Waals surface area contributed by atoms with E-state index in [-0.39, 0.29) is 11.1 Å². The molecule has 5 nitrogen and oxygen atoms in total. The highest BCUT2D eigenvalue weighted by molar-refractivity contribution is 7.11. The summed E-state index contributed by atoms with van der Waals surface area (Å²) in [6.07, 6.45) is 5.42. The van der Waals surface area contributed by atoms with Gasteiger partial charge in [-0.05, 0) is 6.42 Å². The van der Waals surface area contributed by atoms with E-state index in [2.05, 4.69) is 16.9 Å². The molecule has 1 aliphatic heterocycles. The Labute approximate surface area is 109 Å². The fraction of sp³-hybridized carbons (Fsp3) is 0.417. The number of hydrogen-bond donors (Lipinski definition) is 1. The molecule has 96 valence electrons. The molecule has 0 aliphatic carbocycles. The first kappa shape index (κ1) is 12.9. The maximum absolute atomic E-state index is 10.8. The second kappa shape index (κ2) is 4.99. The maximum atomic E-state index is 10.8. The van der Waals surface area contributed by atoms with Gasteiger partial charge in [-0.15, -0.1) is 11.3 Å². The lowest BCUT2D eigenvalue weighted by Gasteiger charge is -2.24. The van der Waals surface area contributed by atoms with Gasteiger partial charge in [-0.3, -0.25) is 4.99 Å². The van der Waals surface area contributed by atoms with Crippen molar-refractivity contribution in [2.75, 3.05) is 6.61 Å².